The van der Waals surface area contributed by atoms with Crippen molar-refractivity contribution in [1.29, 1.82) is 0 Å². The molecule has 1 aromatic heterocycles. The molecule has 0 unspecified atom stereocenters. The van der Waals surface area contributed by atoms with Gasteiger partial charge in [0.15, 0.2) is 0 Å². The molecular formula is C9H14N2O. The summed E-state index contributed by atoms with van der Waals surface area (Å²) >= 11 is 0. The molecule has 0 aliphatic carbocycles. The van der Waals surface area contributed by atoms with Gasteiger partial charge in [0.1, 0.15) is 6.61 Å². The number of pyridine rings is 1. The van der Waals surface area contributed by atoms with Gasteiger partial charge in [0.05, 0.1) is 0 Å². The Hall–Kier alpha value is -1.09. The molecule has 0 spiro atoms. The average molecular weight is 166 g/mol. The molecule has 12 heavy (non-hydrogen) atoms. The van der Waals surface area contributed by atoms with Crippen LogP contribution in [0, 0.1) is 6.92 Å². The Bertz CT molecular complexity index is 248. The molecule has 3 nitrogen and oxygen atoms in total. The Morgan fingerprint density at radius 1 is 1.67 bits per heavy atom. The standard InChI is InChI=1S/C9H14N2O/c1-7-4-3-5-11-9(7)12-6-8(2)10/h3-5,8H,6,10H2,1-2H3/t8-/m0/s1. The van der Waals surface area contributed by atoms with Gasteiger partial charge >= 0.3 is 0 Å². The molecule has 2 N–H and O–H groups in total. The van der Waals surface area contributed by atoms with E-state index in [4.69, 9.17) is 10.5 Å². The van der Waals surface area contributed by atoms with E-state index in [1.54, 1.807) is 6.20 Å². The summed E-state index contributed by atoms with van der Waals surface area (Å²) in [5, 5.41) is 0. The van der Waals surface area contributed by atoms with E-state index in [1.807, 2.05) is 26.0 Å². The number of hydrogen-bond acceptors (Lipinski definition) is 3. The van der Waals surface area contributed by atoms with Gasteiger partial charge in [0, 0.05) is 17.8 Å². The highest BCUT2D eigenvalue weighted by Crippen LogP contribution is 2.11. The molecular weight excluding hydrogens is 152 g/mol. The second-order valence-electron chi connectivity index (χ2n) is 2.91. The minimum Gasteiger partial charge on any atom is -0.476 e. The monoisotopic (exact) mass is 166 g/mol. The molecule has 0 aromatic carbocycles. The van der Waals surface area contributed by atoms with Crippen LogP contribution in [0.5, 0.6) is 5.88 Å². The van der Waals surface area contributed by atoms with Crippen LogP contribution in [0.25, 0.3) is 0 Å². The summed E-state index contributed by atoms with van der Waals surface area (Å²) in [6, 6.07) is 3.89. The predicted molar refractivity (Wildman–Crippen MR) is 48.1 cm³/mol. The fraction of sp³-hybridized carbons (Fsp3) is 0.444. The summed E-state index contributed by atoms with van der Waals surface area (Å²) < 4.78 is 5.36. The number of nitrogens with two attached hydrogens (primary N) is 1. The SMILES string of the molecule is Cc1cccnc1OC[C@H](C)N. The molecule has 1 rings (SSSR count). The van der Waals surface area contributed by atoms with Gasteiger partial charge in [0.25, 0.3) is 0 Å². The summed E-state index contributed by atoms with van der Waals surface area (Å²) in [5.41, 5.74) is 6.58. The molecule has 3 heteroatoms. The maximum atomic E-state index is 5.54. The molecule has 1 atom stereocenters. The maximum Gasteiger partial charge on any atom is 0.216 e. The molecule has 0 saturated heterocycles. The lowest BCUT2D eigenvalue weighted by Crippen LogP contribution is -2.24. The first-order valence-electron chi connectivity index (χ1n) is 4.00. The molecule has 0 aliphatic heterocycles. The van der Waals surface area contributed by atoms with E-state index in [-0.39, 0.29) is 6.04 Å². The Labute approximate surface area is 72.6 Å². The number of ether oxygens (including phenoxy) is 1. The molecule has 0 saturated carbocycles. The predicted octanol–water partition coefficient (Wildman–Crippen LogP) is 1.12. The van der Waals surface area contributed by atoms with E-state index >= 15 is 0 Å². The maximum absolute atomic E-state index is 5.54. The van der Waals surface area contributed by atoms with Crippen molar-refractivity contribution in [2.45, 2.75) is 19.9 Å². The van der Waals surface area contributed by atoms with Crippen molar-refractivity contribution >= 4 is 0 Å². The lowest BCUT2D eigenvalue weighted by atomic mass is 10.3. The molecule has 0 aliphatic rings. The fourth-order valence-corrected chi connectivity index (χ4v) is 0.833. The van der Waals surface area contributed by atoms with Crippen molar-refractivity contribution in [3.8, 4) is 5.88 Å². The van der Waals surface area contributed by atoms with Gasteiger partial charge in [-0.1, -0.05) is 6.07 Å². The Morgan fingerprint density at radius 2 is 2.42 bits per heavy atom. The van der Waals surface area contributed by atoms with Crippen LogP contribution in [0.2, 0.25) is 0 Å². The minimum absolute atomic E-state index is 0.0476. The number of rotatable bonds is 3. The zero-order chi connectivity index (χ0) is 8.97. The van der Waals surface area contributed by atoms with E-state index in [2.05, 4.69) is 4.98 Å². The summed E-state index contributed by atoms with van der Waals surface area (Å²) in [7, 11) is 0. The van der Waals surface area contributed by atoms with E-state index in [9.17, 15) is 0 Å². The smallest absolute Gasteiger partial charge is 0.216 e. The van der Waals surface area contributed by atoms with Crippen LogP contribution < -0.4 is 10.5 Å². The molecule has 0 bridgehead atoms. The van der Waals surface area contributed by atoms with Gasteiger partial charge in [-0.05, 0) is 19.9 Å². The van der Waals surface area contributed by atoms with Crippen molar-refractivity contribution in [3.63, 3.8) is 0 Å². The molecule has 66 valence electrons. The highest BCUT2D eigenvalue weighted by molar-refractivity contribution is 5.23. The van der Waals surface area contributed by atoms with Crippen molar-refractivity contribution in [3.05, 3.63) is 23.9 Å². The number of aryl methyl sites for hydroxylation is 1. The zero-order valence-corrected chi connectivity index (χ0v) is 7.45. The van der Waals surface area contributed by atoms with Gasteiger partial charge in [-0.3, -0.25) is 0 Å². The molecule has 1 heterocycles. The Morgan fingerprint density at radius 3 is 3.00 bits per heavy atom. The van der Waals surface area contributed by atoms with Crippen LogP contribution in [-0.4, -0.2) is 17.6 Å². The quantitative estimate of drug-likeness (QED) is 0.731. The van der Waals surface area contributed by atoms with Crippen LogP contribution in [0.4, 0.5) is 0 Å². The first kappa shape index (κ1) is 9.00. The summed E-state index contributed by atoms with van der Waals surface area (Å²) in [6.07, 6.45) is 1.71. The highest BCUT2D eigenvalue weighted by atomic mass is 16.5. The zero-order valence-electron chi connectivity index (χ0n) is 7.45. The largest absolute Gasteiger partial charge is 0.476 e. The van der Waals surface area contributed by atoms with Crippen molar-refractivity contribution in [2.24, 2.45) is 5.73 Å². The summed E-state index contributed by atoms with van der Waals surface area (Å²) in [4.78, 5) is 4.07. The third kappa shape index (κ3) is 2.51. The second kappa shape index (κ2) is 4.07. The second-order valence-corrected chi connectivity index (χ2v) is 2.91. The lowest BCUT2D eigenvalue weighted by molar-refractivity contribution is 0.283. The van der Waals surface area contributed by atoms with Crippen LogP contribution in [0.1, 0.15) is 12.5 Å². The molecule has 0 radical (unpaired) electrons. The van der Waals surface area contributed by atoms with E-state index in [0.717, 1.165) is 5.56 Å². The molecule has 1 aromatic rings. The van der Waals surface area contributed by atoms with Crippen LogP contribution in [0.3, 0.4) is 0 Å². The van der Waals surface area contributed by atoms with Gasteiger partial charge in [0.2, 0.25) is 5.88 Å². The average Bonchev–Trinajstić information content (AvgIpc) is 2.03. The third-order valence-electron chi connectivity index (χ3n) is 1.44. The van der Waals surface area contributed by atoms with Crippen LogP contribution >= 0.6 is 0 Å². The van der Waals surface area contributed by atoms with E-state index in [0.29, 0.717) is 12.5 Å². The van der Waals surface area contributed by atoms with Crippen molar-refractivity contribution < 1.29 is 4.74 Å². The topological polar surface area (TPSA) is 48.1 Å². The highest BCUT2D eigenvalue weighted by Gasteiger charge is 2.00. The van der Waals surface area contributed by atoms with E-state index < -0.39 is 0 Å². The van der Waals surface area contributed by atoms with Crippen LogP contribution in [-0.2, 0) is 0 Å². The van der Waals surface area contributed by atoms with Gasteiger partial charge in [-0.2, -0.15) is 0 Å². The number of nitrogens with zero attached hydrogens (tertiary/aromatic N) is 1. The fourth-order valence-electron chi connectivity index (χ4n) is 0.833. The summed E-state index contributed by atoms with van der Waals surface area (Å²) in [5.74, 6) is 0.676. The first-order valence-corrected chi connectivity index (χ1v) is 4.00. The normalized spacial score (nSPS) is 12.6. The van der Waals surface area contributed by atoms with Gasteiger partial charge in [-0.25, -0.2) is 4.98 Å². The molecule has 0 fully saturated rings. The van der Waals surface area contributed by atoms with Crippen LogP contribution in [0.15, 0.2) is 18.3 Å². The Kier molecular flexibility index (Phi) is 3.05. The summed E-state index contributed by atoms with van der Waals surface area (Å²) in [6.45, 7) is 4.37. The first-order chi connectivity index (χ1) is 5.70. The van der Waals surface area contributed by atoms with E-state index in [1.165, 1.54) is 0 Å². The number of hydrogen-bond donors (Lipinski definition) is 1. The van der Waals surface area contributed by atoms with Gasteiger partial charge < -0.3 is 10.5 Å². The Balaban J connectivity index is 2.57. The van der Waals surface area contributed by atoms with Gasteiger partial charge in [-0.15, -0.1) is 0 Å². The van der Waals surface area contributed by atoms with Crippen molar-refractivity contribution in [1.82, 2.24) is 4.98 Å². The lowest BCUT2D eigenvalue weighted by Gasteiger charge is -2.08. The number of aromatic nitrogens is 1. The minimum atomic E-state index is 0.0476. The third-order valence-corrected chi connectivity index (χ3v) is 1.44. The molecule has 0 amide bonds. The van der Waals surface area contributed by atoms with Crippen molar-refractivity contribution in [2.75, 3.05) is 6.61 Å².